The molecule has 2 nitrogen and oxygen atoms in total. The van der Waals surface area contributed by atoms with E-state index in [9.17, 15) is 4.79 Å². The van der Waals surface area contributed by atoms with Gasteiger partial charge in [0.25, 0.3) is 5.91 Å². The monoisotopic (exact) mass is 235 g/mol. The van der Waals surface area contributed by atoms with Crippen LogP contribution in [0.4, 0.5) is 0 Å². The van der Waals surface area contributed by atoms with Gasteiger partial charge in [0.2, 0.25) is 0 Å². The molecule has 16 heavy (non-hydrogen) atoms. The smallest absolute Gasteiger partial charge is 0.251 e. The van der Waals surface area contributed by atoms with Gasteiger partial charge in [0, 0.05) is 16.5 Å². The van der Waals surface area contributed by atoms with Crippen LogP contribution in [0.3, 0.4) is 0 Å². The van der Waals surface area contributed by atoms with Crippen LogP contribution < -0.4 is 5.32 Å². The van der Waals surface area contributed by atoms with E-state index in [4.69, 9.17) is 0 Å². The number of thiol groups is 1. The molecule has 2 atom stereocenters. The average Bonchev–Trinajstić information content (AvgIpc) is 2.64. The Hall–Kier alpha value is -0.960. The summed E-state index contributed by atoms with van der Waals surface area (Å²) in [7, 11) is 0. The lowest BCUT2D eigenvalue weighted by atomic mass is 10.1. The lowest BCUT2D eigenvalue weighted by molar-refractivity contribution is 0.0937. The highest BCUT2D eigenvalue weighted by Gasteiger charge is 2.22. The van der Waals surface area contributed by atoms with Crippen molar-refractivity contribution in [2.75, 3.05) is 0 Å². The summed E-state index contributed by atoms with van der Waals surface area (Å²) in [6.07, 6.45) is 3.43. The van der Waals surface area contributed by atoms with Gasteiger partial charge in [0.15, 0.2) is 0 Å². The van der Waals surface area contributed by atoms with Gasteiger partial charge in [0.05, 0.1) is 0 Å². The fraction of sp³-hybridized carbons (Fsp3) is 0.462. The summed E-state index contributed by atoms with van der Waals surface area (Å²) in [5.74, 6) is 0.761. The van der Waals surface area contributed by atoms with Crippen LogP contribution in [0.1, 0.15) is 36.5 Å². The summed E-state index contributed by atoms with van der Waals surface area (Å²) < 4.78 is 0. The van der Waals surface area contributed by atoms with Crippen LogP contribution in [0.2, 0.25) is 0 Å². The molecular weight excluding hydrogens is 218 g/mol. The largest absolute Gasteiger partial charge is 0.349 e. The standard InChI is InChI=1S/C13H17NOS/c1-9-5-6-11(7-9)14-13(15)10-3-2-4-12(16)8-10/h2-4,8-9,11,16H,5-7H2,1H3,(H,14,15). The predicted octanol–water partition coefficient (Wildman–Crippen LogP) is 2.89. The van der Waals surface area contributed by atoms with Crippen LogP contribution in [-0.4, -0.2) is 11.9 Å². The van der Waals surface area contributed by atoms with Crippen LogP contribution in [0.25, 0.3) is 0 Å². The number of hydrogen-bond acceptors (Lipinski definition) is 2. The highest BCUT2D eigenvalue weighted by Crippen LogP contribution is 2.24. The van der Waals surface area contributed by atoms with Gasteiger partial charge < -0.3 is 5.32 Å². The second-order valence-corrected chi connectivity index (χ2v) is 5.16. The van der Waals surface area contributed by atoms with Crippen molar-refractivity contribution in [2.24, 2.45) is 5.92 Å². The maximum absolute atomic E-state index is 11.9. The Kier molecular flexibility index (Phi) is 3.54. The number of rotatable bonds is 2. The van der Waals surface area contributed by atoms with Crippen molar-refractivity contribution in [1.82, 2.24) is 5.32 Å². The number of nitrogens with one attached hydrogen (secondary N) is 1. The molecule has 3 heteroatoms. The van der Waals surface area contributed by atoms with Gasteiger partial charge in [-0.3, -0.25) is 4.79 Å². The molecule has 1 N–H and O–H groups in total. The second-order valence-electron chi connectivity index (χ2n) is 4.64. The first-order chi connectivity index (χ1) is 7.65. The van der Waals surface area contributed by atoms with Crippen LogP contribution >= 0.6 is 12.6 Å². The minimum atomic E-state index is 0.0231. The van der Waals surface area contributed by atoms with E-state index < -0.39 is 0 Å². The molecule has 1 aromatic carbocycles. The predicted molar refractivity (Wildman–Crippen MR) is 68.0 cm³/mol. The number of benzene rings is 1. The van der Waals surface area contributed by atoms with Crippen molar-refractivity contribution in [2.45, 2.75) is 37.1 Å². The molecule has 1 saturated carbocycles. The lowest BCUT2D eigenvalue weighted by Crippen LogP contribution is -2.32. The van der Waals surface area contributed by atoms with E-state index in [1.807, 2.05) is 18.2 Å². The van der Waals surface area contributed by atoms with Crippen LogP contribution in [0.5, 0.6) is 0 Å². The fourth-order valence-electron chi connectivity index (χ4n) is 2.25. The zero-order valence-electron chi connectivity index (χ0n) is 9.44. The summed E-state index contributed by atoms with van der Waals surface area (Å²) in [5, 5.41) is 3.08. The van der Waals surface area contributed by atoms with Crippen LogP contribution in [0.15, 0.2) is 29.2 Å². The van der Waals surface area contributed by atoms with Gasteiger partial charge in [-0.15, -0.1) is 12.6 Å². The summed E-state index contributed by atoms with van der Waals surface area (Å²) >= 11 is 4.23. The van der Waals surface area contributed by atoms with E-state index >= 15 is 0 Å². The summed E-state index contributed by atoms with van der Waals surface area (Å²) in [6, 6.07) is 7.71. The van der Waals surface area contributed by atoms with Crippen LogP contribution in [0, 0.1) is 5.92 Å². The molecule has 2 unspecified atom stereocenters. The molecule has 1 aliphatic carbocycles. The van der Waals surface area contributed by atoms with E-state index in [1.54, 1.807) is 6.07 Å². The molecule has 1 aromatic rings. The zero-order valence-corrected chi connectivity index (χ0v) is 10.3. The van der Waals surface area contributed by atoms with Crippen molar-refractivity contribution in [1.29, 1.82) is 0 Å². The summed E-state index contributed by atoms with van der Waals surface area (Å²) in [6.45, 7) is 2.24. The SMILES string of the molecule is CC1CCC(NC(=O)c2cccc(S)c2)C1. The molecule has 1 amide bonds. The Labute approximate surface area is 102 Å². The summed E-state index contributed by atoms with van der Waals surface area (Å²) in [4.78, 5) is 12.7. The minimum absolute atomic E-state index is 0.0231. The Morgan fingerprint density at radius 1 is 1.44 bits per heavy atom. The molecule has 2 rings (SSSR count). The Morgan fingerprint density at radius 3 is 2.88 bits per heavy atom. The third kappa shape index (κ3) is 2.79. The van der Waals surface area contributed by atoms with E-state index in [1.165, 1.54) is 6.42 Å². The number of carbonyl (C=O) groups is 1. The summed E-state index contributed by atoms with van der Waals surface area (Å²) in [5.41, 5.74) is 0.701. The van der Waals surface area contributed by atoms with Gasteiger partial charge in [-0.2, -0.15) is 0 Å². The third-order valence-electron chi connectivity index (χ3n) is 3.14. The van der Waals surface area contributed by atoms with E-state index in [2.05, 4.69) is 24.9 Å². The molecular formula is C13H17NOS. The van der Waals surface area contributed by atoms with E-state index in [0.29, 0.717) is 11.6 Å². The molecule has 0 spiro atoms. The lowest BCUT2D eigenvalue weighted by Gasteiger charge is -2.12. The topological polar surface area (TPSA) is 29.1 Å². The Balaban J connectivity index is 1.98. The number of hydrogen-bond donors (Lipinski definition) is 2. The van der Waals surface area contributed by atoms with Crippen molar-refractivity contribution in [3.8, 4) is 0 Å². The van der Waals surface area contributed by atoms with E-state index in [0.717, 1.165) is 23.7 Å². The number of amides is 1. The molecule has 86 valence electrons. The zero-order chi connectivity index (χ0) is 11.5. The average molecular weight is 235 g/mol. The van der Waals surface area contributed by atoms with Gasteiger partial charge in [-0.05, 0) is 43.4 Å². The first-order valence-electron chi connectivity index (χ1n) is 5.75. The molecule has 0 radical (unpaired) electrons. The molecule has 1 aliphatic rings. The first-order valence-corrected chi connectivity index (χ1v) is 6.20. The maximum Gasteiger partial charge on any atom is 0.251 e. The Bertz CT molecular complexity index is 391. The van der Waals surface area contributed by atoms with Crippen molar-refractivity contribution < 1.29 is 4.79 Å². The van der Waals surface area contributed by atoms with Crippen molar-refractivity contribution >= 4 is 18.5 Å². The highest BCUT2D eigenvalue weighted by molar-refractivity contribution is 7.80. The number of carbonyl (C=O) groups excluding carboxylic acids is 1. The fourth-order valence-corrected chi connectivity index (χ4v) is 2.48. The van der Waals surface area contributed by atoms with Gasteiger partial charge >= 0.3 is 0 Å². The maximum atomic E-state index is 11.9. The molecule has 0 aromatic heterocycles. The van der Waals surface area contributed by atoms with Crippen molar-refractivity contribution in [3.63, 3.8) is 0 Å². The second kappa shape index (κ2) is 4.91. The van der Waals surface area contributed by atoms with Gasteiger partial charge in [-0.25, -0.2) is 0 Å². The molecule has 0 heterocycles. The van der Waals surface area contributed by atoms with Gasteiger partial charge in [-0.1, -0.05) is 13.0 Å². The molecule has 0 aliphatic heterocycles. The quantitative estimate of drug-likeness (QED) is 0.758. The van der Waals surface area contributed by atoms with E-state index in [-0.39, 0.29) is 5.91 Å². The van der Waals surface area contributed by atoms with Crippen LogP contribution in [-0.2, 0) is 0 Å². The Morgan fingerprint density at radius 2 is 2.25 bits per heavy atom. The third-order valence-corrected chi connectivity index (χ3v) is 3.42. The molecule has 1 fully saturated rings. The first kappa shape index (κ1) is 11.5. The highest BCUT2D eigenvalue weighted by atomic mass is 32.1. The molecule has 0 saturated heterocycles. The normalized spacial score (nSPS) is 24.4. The van der Waals surface area contributed by atoms with Crippen molar-refractivity contribution in [3.05, 3.63) is 29.8 Å². The van der Waals surface area contributed by atoms with Gasteiger partial charge in [0.1, 0.15) is 0 Å². The minimum Gasteiger partial charge on any atom is -0.349 e. The molecule has 0 bridgehead atoms.